The summed E-state index contributed by atoms with van der Waals surface area (Å²) in [5, 5.41) is 0.551. The van der Waals surface area contributed by atoms with Crippen LogP contribution in [0.2, 0.25) is 5.21 Å². The molecule has 1 atom stereocenters. The fourth-order valence-corrected chi connectivity index (χ4v) is 2.77. The number of carbonyl (C=O) groups is 2. The van der Waals surface area contributed by atoms with Crippen LogP contribution < -0.4 is 16.6 Å². The third-order valence-electron chi connectivity index (χ3n) is 3.94. The highest BCUT2D eigenvalue weighted by Crippen LogP contribution is 2.33. The number of fused-ring (bicyclic) bond motifs is 1. The molecule has 1 aliphatic heterocycles. The maximum Gasteiger partial charge on any atom is 0.264 e. The molecule has 2 amide bonds. The summed E-state index contributed by atoms with van der Waals surface area (Å²) in [5.41, 5.74) is 6.07. The topological polar surface area (TPSA) is 107 Å². The Hall–Kier alpha value is -2.57. The molecule has 2 heterocycles. The predicted octanol–water partition coefficient (Wildman–Crippen LogP) is -0.672. The van der Waals surface area contributed by atoms with E-state index in [1.807, 2.05) is 0 Å². The van der Waals surface area contributed by atoms with Crippen LogP contribution in [-0.2, 0) is 9.59 Å². The van der Waals surface area contributed by atoms with Crippen LogP contribution in [-0.4, -0.2) is 37.1 Å². The maximum atomic E-state index is 12.8. The lowest BCUT2D eigenvalue weighted by atomic mass is 9.50. The average Bonchev–Trinajstić information content (AvgIpc) is 2.44. The minimum absolute atomic E-state index is 0.210. The summed E-state index contributed by atoms with van der Waals surface area (Å²) >= 11 is 0. The predicted molar refractivity (Wildman–Crippen MR) is 86.2 cm³/mol. The smallest absolute Gasteiger partial charge is 0.264 e. The standard InChI is InChI=1S/C14H12B2N4O3/c1-6-18-8-4-2-3-7(17)10(8)12(22)20(6)9-5-14(15,16)13(23)19-11(9)21/h2-4,9H,5,17H2,1H3,(H,19,21,23). The number of carbonyl (C=O) groups excluding carboxylic acids is 2. The van der Waals surface area contributed by atoms with Gasteiger partial charge in [0.05, 0.1) is 26.6 Å². The van der Waals surface area contributed by atoms with Crippen LogP contribution >= 0.6 is 0 Å². The van der Waals surface area contributed by atoms with Crippen molar-refractivity contribution < 1.29 is 9.59 Å². The molecule has 3 N–H and O–H groups in total. The van der Waals surface area contributed by atoms with Crippen molar-refractivity contribution in [3.8, 4) is 0 Å². The Morgan fingerprint density at radius 2 is 2.04 bits per heavy atom. The number of benzene rings is 1. The van der Waals surface area contributed by atoms with Gasteiger partial charge in [-0.15, -0.1) is 0 Å². The van der Waals surface area contributed by atoms with Gasteiger partial charge >= 0.3 is 0 Å². The molecule has 2 aromatic rings. The first kappa shape index (κ1) is 15.3. The van der Waals surface area contributed by atoms with Crippen LogP contribution in [0.3, 0.4) is 0 Å². The summed E-state index contributed by atoms with van der Waals surface area (Å²) in [6, 6.07) is 3.88. The van der Waals surface area contributed by atoms with Crippen LogP contribution in [0.25, 0.3) is 10.9 Å². The van der Waals surface area contributed by atoms with Crippen molar-refractivity contribution in [1.29, 1.82) is 0 Å². The molecule has 3 rings (SSSR count). The fraction of sp³-hybridized carbons (Fsp3) is 0.286. The summed E-state index contributed by atoms with van der Waals surface area (Å²) < 4.78 is 1.18. The summed E-state index contributed by atoms with van der Waals surface area (Å²) in [6.07, 6.45) is -0.210. The minimum atomic E-state index is -1.75. The Balaban J connectivity index is 2.24. The summed E-state index contributed by atoms with van der Waals surface area (Å²) in [6.45, 7) is 1.59. The van der Waals surface area contributed by atoms with E-state index in [-0.39, 0.29) is 17.5 Å². The van der Waals surface area contributed by atoms with Gasteiger partial charge in [0, 0.05) is 5.69 Å². The van der Waals surface area contributed by atoms with E-state index < -0.39 is 28.6 Å². The highest BCUT2D eigenvalue weighted by molar-refractivity contribution is 6.52. The van der Waals surface area contributed by atoms with E-state index in [0.29, 0.717) is 11.3 Å². The van der Waals surface area contributed by atoms with Gasteiger partial charge in [0.15, 0.2) is 0 Å². The van der Waals surface area contributed by atoms with Gasteiger partial charge in [0.2, 0.25) is 11.8 Å². The molecule has 1 aliphatic rings. The first-order chi connectivity index (χ1) is 10.7. The number of nitrogen functional groups attached to an aromatic ring is 1. The van der Waals surface area contributed by atoms with Gasteiger partial charge in [0.25, 0.3) is 5.56 Å². The quantitative estimate of drug-likeness (QED) is 0.413. The summed E-state index contributed by atoms with van der Waals surface area (Å²) in [7, 11) is 11.4. The second-order valence-corrected chi connectivity index (χ2v) is 5.65. The van der Waals surface area contributed by atoms with Crippen LogP contribution in [0.15, 0.2) is 23.0 Å². The average molecular weight is 306 g/mol. The lowest BCUT2D eigenvalue weighted by Crippen LogP contribution is -2.52. The lowest BCUT2D eigenvalue weighted by molar-refractivity contribution is -0.136. The van der Waals surface area contributed by atoms with Gasteiger partial charge in [-0.25, -0.2) is 4.98 Å². The monoisotopic (exact) mass is 306 g/mol. The Bertz CT molecular complexity index is 907. The van der Waals surface area contributed by atoms with Crippen LogP contribution in [0.4, 0.5) is 5.69 Å². The zero-order chi connectivity index (χ0) is 16.9. The maximum absolute atomic E-state index is 12.8. The van der Waals surface area contributed by atoms with Crippen LogP contribution in [0.5, 0.6) is 0 Å². The molecule has 0 aliphatic carbocycles. The highest BCUT2D eigenvalue weighted by Gasteiger charge is 2.41. The molecule has 0 bridgehead atoms. The SMILES string of the molecule is [B]C1([B])CC(n2c(C)nc3cccc(N)c3c2=O)C(=O)NC1=O. The number of hydrogen-bond donors (Lipinski definition) is 2. The Morgan fingerprint density at radius 3 is 2.74 bits per heavy atom. The zero-order valence-corrected chi connectivity index (χ0v) is 12.4. The van der Waals surface area contributed by atoms with Crippen molar-refractivity contribution in [2.45, 2.75) is 24.6 Å². The van der Waals surface area contributed by atoms with Crippen molar-refractivity contribution in [3.05, 3.63) is 34.4 Å². The third-order valence-corrected chi connectivity index (χ3v) is 3.94. The molecule has 1 unspecified atom stereocenters. The fourth-order valence-electron chi connectivity index (χ4n) is 2.77. The molecule has 0 spiro atoms. The first-order valence-electron chi connectivity index (χ1n) is 6.93. The van der Waals surface area contributed by atoms with E-state index >= 15 is 0 Å². The lowest BCUT2D eigenvalue weighted by Gasteiger charge is -2.35. The number of imide groups is 1. The van der Waals surface area contributed by atoms with Crippen molar-refractivity contribution >= 4 is 44.1 Å². The van der Waals surface area contributed by atoms with Gasteiger partial charge in [-0.05, 0) is 30.7 Å². The highest BCUT2D eigenvalue weighted by atomic mass is 16.2. The number of piperidine rings is 1. The first-order valence-corrected chi connectivity index (χ1v) is 6.93. The van der Waals surface area contributed by atoms with E-state index in [1.165, 1.54) is 4.57 Å². The molecule has 1 aromatic carbocycles. The largest absolute Gasteiger partial charge is 0.398 e. The number of nitrogens with one attached hydrogen (secondary N) is 1. The number of nitrogens with zero attached hydrogens (tertiary/aromatic N) is 2. The molecular weight excluding hydrogens is 294 g/mol. The van der Waals surface area contributed by atoms with Gasteiger partial charge in [0.1, 0.15) is 11.9 Å². The minimum Gasteiger partial charge on any atom is -0.398 e. The Labute approximate surface area is 134 Å². The molecule has 112 valence electrons. The molecule has 1 saturated heterocycles. The molecule has 1 fully saturated rings. The second kappa shape index (κ2) is 4.97. The second-order valence-electron chi connectivity index (χ2n) is 5.65. The number of rotatable bonds is 1. The van der Waals surface area contributed by atoms with E-state index in [2.05, 4.69) is 10.3 Å². The number of hydrogen-bond acceptors (Lipinski definition) is 5. The molecule has 7 nitrogen and oxygen atoms in total. The normalized spacial score (nSPS) is 20.5. The van der Waals surface area contributed by atoms with Crippen molar-refractivity contribution in [2.24, 2.45) is 0 Å². The molecule has 1 aromatic heterocycles. The molecule has 9 heteroatoms. The number of aryl methyl sites for hydroxylation is 1. The van der Waals surface area contributed by atoms with Crippen LogP contribution in [0, 0.1) is 6.92 Å². The molecule has 0 saturated carbocycles. The summed E-state index contributed by atoms with van der Waals surface area (Å²) in [4.78, 5) is 40.9. The Morgan fingerprint density at radius 1 is 1.35 bits per heavy atom. The Kier molecular flexibility index (Phi) is 3.31. The molecular formula is C14H12B2N4O3. The van der Waals surface area contributed by atoms with Gasteiger partial charge in [-0.1, -0.05) is 6.07 Å². The molecule has 23 heavy (non-hydrogen) atoms. The number of nitrogens with two attached hydrogens (primary N) is 1. The van der Waals surface area contributed by atoms with Gasteiger partial charge in [-0.2, -0.15) is 0 Å². The van der Waals surface area contributed by atoms with Crippen molar-refractivity contribution in [1.82, 2.24) is 14.9 Å². The van der Waals surface area contributed by atoms with Crippen LogP contribution in [0.1, 0.15) is 18.3 Å². The van der Waals surface area contributed by atoms with Crippen molar-refractivity contribution in [3.63, 3.8) is 0 Å². The molecule has 4 radical (unpaired) electrons. The summed E-state index contributed by atoms with van der Waals surface area (Å²) in [5.74, 6) is -1.13. The van der Waals surface area contributed by atoms with E-state index in [1.54, 1.807) is 25.1 Å². The number of aromatic nitrogens is 2. The van der Waals surface area contributed by atoms with Crippen molar-refractivity contribution in [2.75, 3.05) is 5.73 Å². The van der Waals surface area contributed by atoms with E-state index in [4.69, 9.17) is 21.4 Å². The van der Waals surface area contributed by atoms with Gasteiger partial charge < -0.3 is 5.73 Å². The zero-order valence-electron chi connectivity index (χ0n) is 12.4. The number of anilines is 1. The van der Waals surface area contributed by atoms with E-state index in [0.717, 1.165) is 0 Å². The van der Waals surface area contributed by atoms with E-state index in [9.17, 15) is 14.4 Å². The third kappa shape index (κ3) is 2.32. The van der Waals surface area contributed by atoms with Gasteiger partial charge in [-0.3, -0.25) is 24.3 Å². The number of amides is 2.